The van der Waals surface area contributed by atoms with Crippen LogP contribution in [0.3, 0.4) is 0 Å². The molecule has 0 aliphatic rings. The van der Waals surface area contributed by atoms with Gasteiger partial charge in [-0.2, -0.15) is 8.42 Å². The van der Waals surface area contributed by atoms with E-state index in [1.807, 2.05) is 0 Å². The van der Waals surface area contributed by atoms with Crippen molar-refractivity contribution in [2.45, 2.75) is 0 Å². The Labute approximate surface area is 140 Å². The van der Waals surface area contributed by atoms with E-state index in [0.29, 0.717) is 0 Å². The molecule has 0 heterocycles. The van der Waals surface area contributed by atoms with E-state index in [0.717, 1.165) is 0 Å². The van der Waals surface area contributed by atoms with Crippen molar-refractivity contribution in [1.82, 2.24) is 0 Å². The summed E-state index contributed by atoms with van der Waals surface area (Å²) in [6.45, 7) is -0.0289. The quantitative estimate of drug-likeness (QED) is 0.387. The van der Waals surface area contributed by atoms with Crippen LogP contribution in [0.2, 0.25) is 0 Å². The van der Waals surface area contributed by atoms with Gasteiger partial charge in [-0.15, -0.1) is 0 Å². The van der Waals surface area contributed by atoms with E-state index in [1.54, 1.807) is 0 Å². The molecule has 0 aromatic rings. The van der Waals surface area contributed by atoms with Crippen LogP contribution in [0.5, 0.6) is 0 Å². The van der Waals surface area contributed by atoms with Crippen molar-refractivity contribution in [1.29, 1.82) is 0 Å². The van der Waals surface area contributed by atoms with Gasteiger partial charge < -0.3 is 5.73 Å². The molecule has 3 N–H and O–H groups in total. The van der Waals surface area contributed by atoms with Crippen molar-refractivity contribution in [3.05, 3.63) is 0 Å². The van der Waals surface area contributed by atoms with Crippen LogP contribution in [0.15, 0.2) is 0 Å². The predicted molar refractivity (Wildman–Crippen MR) is 39.8 cm³/mol. The van der Waals surface area contributed by atoms with Crippen LogP contribution in [0.25, 0.3) is 0 Å². The molecule has 7 heteroatoms. The summed E-state index contributed by atoms with van der Waals surface area (Å²) in [5.74, 6) is -0.354. The third-order valence-electron chi connectivity index (χ3n) is 0.376. The van der Waals surface area contributed by atoms with E-state index < -0.39 is 10.1 Å². The molecule has 0 radical (unpaired) electrons. The second-order valence-electron chi connectivity index (χ2n) is 1.07. The number of nitrogens with two attached hydrogens (primary N) is 1. The van der Waals surface area contributed by atoms with Gasteiger partial charge in [0.25, 0.3) is 10.1 Å². The summed E-state index contributed by atoms with van der Waals surface area (Å²) in [5.41, 5.74) is 4.78. The topological polar surface area (TPSA) is 80.4 Å². The monoisotopic (exact) mass is 205 g/mol. The Bertz CT molecular complexity index is 133. The van der Waals surface area contributed by atoms with Crippen LogP contribution in [0.1, 0.15) is 0 Å². The molecule has 0 unspecified atom stereocenters. The van der Waals surface area contributed by atoms with Crippen molar-refractivity contribution < 1.29 is 13.0 Å². The molecular formula is C2H9K2NO3S. The summed E-state index contributed by atoms with van der Waals surface area (Å²) >= 11 is 0. The minimum atomic E-state index is -3.80. The van der Waals surface area contributed by atoms with Crippen molar-refractivity contribution in [3.63, 3.8) is 0 Å². The molecule has 0 atom stereocenters. The number of hydrogen-bond acceptors (Lipinski definition) is 3. The maximum absolute atomic E-state index is 9.71. The van der Waals surface area contributed by atoms with Crippen molar-refractivity contribution in [2.24, 2.45) is 5.73 Å². The van der Waals surface area contributed by atoms with Crippen molar-refractivity contribution in [3.8, 4) is 0 Å². The van der Waals surface area contributed by atoms with E-state index >= 15 is 0 Å². The normalized spacial score (nSPS) is 9.11. The fourth-order valence-corrected chi connectivity index (χ4v) is 0.447. The average Bonchev–Trinajstić information content (AvgIpc) is 1.30. The van der Waals surface area contributed by atoms with Gasteiger partial charge in [-0.25, -0.2) is 0 Å². The Hall–Kier alpha value is 3.14. The standard InChI is InChI=1S/C2H7NO3S.2K.2H/c3-1-2-7(4,5)6;;;;/h1-3H2,(H,4,5,6);;;;. The van der Waals surface area contributed by atoms with Gasteiger partial charge in [0.2, 0.25) is 0 Å². The van der Waals surface area contributed by atoms with Gasteiger partial charge in [-0.1, -0.05) is 0 Å². The molecule has 0 saturated carbocycles. The van der Waals surface area contributed by atoms with Gasteiger partial charge >= 0.3 is 103 Å². The SMILES string of the molecule is NCCS(=O)(=O)O.[KH].[KH]. The molecule has 0 spiro atoms. The molecule has 0 aliphatic carbocycles. The Morgan fingerprint density at radius 3 is 1.67 bits per heavy atom. The average molecular weight is 205 g/mol. The molecule has 0 aliphatic heterocycles. The van der Waals surface area contributed by atoms with Gasteiger partial charge in [-0.05, 0) is 0 Å². The fraction of sp³-hybridized carbons (Fsp3) is 1.00. The molecule has 0 amide bonds. The molecular weight excluding hydrogens is 196 g/mol. The zero-order valence-electron chi connectivity index (χ0n) is 3.66. The Balaban J connectivity index is -0.000000180. The first-order valence-corrected chi connectivity index (χ1v) is 3.32. The van der Waals surface area contributed by atoms with Crippen molar-refractivity contribution >= 4 is 113 Å². The molecule has 4 nitrogen and oxygen atoms in total. The summed E-state index contributed by atoms with van der Waals surface area (Å²) in [5, 5.41) is 0. The van der Waals surface area contributed by atoms with Crippen molar-refractivity contribution in [2.75, 3.05) is 12.3 Å². The first kappa shape index (κ1) is 18.0. The molecule has 48 valence electrons. The van der Waals surface area contributed by atoms with E-state index in [9.17, 15) is 8.42 Å². The van der Waals surface area contributed by atoms with E-state index in [2.05, 4.69) is 0 Å². The second-order valence-corrected chi connectivity index (χ2v) is 2.65. The van der Waals surface area contributed by atoms with E-state index in [1.165, 1.54) is 0 Å². The van der Waals surface area contributed by atoms with Crippen LogP contribution in [0.4, 0.5) is 0 Å². The van der Waals surface area contributed by atoms with Crippen LogP contribution in [-0.2, 0) is 10.1 Å². The molecule has 0 aromatic heterocycles. The minimum absolute atomic E-state index is 0. The summed E-state index contributed by atoms with van der Waals surface area (Å²) in [6.07, 6.45) is 0. The number of rotatable bonds is 2. The maximum atomic E-state index is 9.71. The molecule has 0 fully saturated rings. The third kappa shape index (κ3) is 18.3. The van der Waals surface area contributed by atoms with Gasteiger partial charge in [0.1, 0.15) is 0 Å². The fourth-order valence-electron chi connectivity index (χ4n) is 0.149. The summed E-state index contributed by atoms with van der Waals surface area (Å²) in [7, 11) is -3.80. The molecule has 0 aromatic carbocycles. The van der Waals surface area contributed by atoms with E-state index in [4.69, 9.17) is 10.3 Å². The number of hydrogen-bond donors (Lipinski definition) is 2. The Morgan fingerprint density at radius 2 is 1.67 bits per heavy atom. The third-order valence-corrected chi connectivity index (χ3v) is 1.13. The second kappa shape index (κ2) is 9.23. The van der Waals surface area contributed by atoms with Gasteiger partial charge in [-0.3, -0.25) is 4.55 Å². The molecule has 0 rings (SSSR count). The van der Waals surface area contributed by atoms with Gasteiger partial charge in [0, 0.05) is 6.54 Å². The van der Waals surface area contributed by atoms with Gasteiger partial charge in [0.15, 0.2) is 0 Å². The van der Waals surface area contributed by atoms with Crippen LogP contribution in [-0.4, -0.2) is 128 Å². The summed E-state index contributed by atoms with van der Waals surface area (Å²) in [4.78, 5) is 0. The Morgan fingerprint density at radius 1 is 1.33 bits per heavy atom. The zero-order valence-corrected chi connectivity index (χ0v) is 4.48. The van der Waals surface area contributed by atoms with Crippen LogP contribution >= 0.6 is 0 Å². The predicted octanol–water partition coefficient (Wildman–Crippen LogP) is -2.46. The van der Waals surface area contributed by atoms with Gasteiger partial charge in [0.05, 0.1) is 5.75 Å². The first-order valence-electron chi connectivity index (χ1n) is 1.71. The van der Waals surface area contributed by atoms with Crippen LogP contribution < -0.4 is 5.73 Å². The molecule has 0 saturated heterocycles. The summed E-state index contributed by atoms with van der Waals surface area (Å²) in [6, 6.07) is 0. The summed E-state index contributed by atoms with van der Waals surface area (Å²) < 4.78 is 27.3. The Kier molecular flexibility index (Phi) is 18.5. The van der Waals surface area contributed by atoms with Crippen LogP contribution in [0, 0.1) is 0 Å². The van der Waals surface area contributed by atoms with E-state index in [-0.39, 0.29) is 115 Å². The zero-order chi connectivity index (χ0) is 5.91. The molecule has 9 heavy (non-hydrogen) atoms. The molecule has 0 bridgehead atoms. The first-order chi connectivity index (χ1) is 3.06.